The first-order valence-corrected chi connectivity index (χ1v) is 7.64. The molecule has 116 valence electrons. The lowest BCUT2D eigenvalue weighted by atomic mass is 10.0. The molecule has 0 saturated heterocycles. The molecule has 0 bridgehead atoms. The van der Waals surface area contributed by atoms with Crippen LogP contribution in [-0.2, 0) is 11.3 Å². The first-order chi connectivity index (χ1) is 10.6. The van der Waals surface area contributed by atoms with E-state index in [1.54, 1.807) is 12.4 Å². The van der Waals surface area contributed by atoms with Crippen LogP contribution in [0.5, 0.6) is 0 Å². The molecule has 4 nitrogen and oxygen atoms in total. The third-order valence-corrected chi connectivity index (χ3v) is 3.47. The first-order valence-electron chi connectivity index (χ1n) is 7.64. The Morgan fingerprint density at radius 3 is 2.59 bits per heavy atom. The molecule has 0 radical (unpaired) electrons. The number of hydrogen-bond donors (Lipinski definition) is 2. The quantitative estimate of drug-likeness (QED) is 0.824. The van der Waals surface area contributed by atoms with Crippen molar-refractivity contribution in [3.8, 4) is 0 Å². The van der Waals surface area contributed by atoms with E-state index in [0.717, 1.165) is 11.3 Å². The van der Waals surface area contributed by atoms with Crippen LogP contribution >= 0.6 is 0 Å². The Balaban J connectivity index is 1.68. The highest BCUT2D eigenvalue weighted by Gasteiger charge is 2.02. The van der Waals surface area contributed by atoms with Crippen molar-refractivity contribution in [1.29, 1.82) is 0 Å². The van der Waals surface area contributed by atoms with E-state index in [1.165, 1.54) is 5.56 Å². The Morgan fingerprint density at radius 1 is 1.18 bits per heavy atom. The molecule has 0 saturated carbocycles. The third-order valence-electron chi connectivity index (χ3n) is 3.47. The highest BCUT2D eigenvalue weighted by Crippen LogP contribution is 2.16. The number of pyridine rings is 1. The Kier molecular flexibility index (Phi) is 5.95. The van der Waals surface area contributed by atoms with Crippen molar-refractivity contribution in [1.82, 2.24) is 10.3 Å². The van der Waals surface area contributed by atoms with Gasteiger partial charge in [-0.25, -0.2) is 0 Å². The fourth-order valence-corrected chi connectivity index (χ4v) is 2.10. The lowest BCUT2D eigenvalue weighted by molar-refractivity contribution is -0.121. The maximum absolute atomic E-state index is 11.8. The molecule has 2 aromatic rings. The van der Waals surface area contributed by atoms with E-state index in [1.807, 2.05) is 12.1 Å². The summed E-state index contributed by atoms with van der Waals surface area (Å²) >= 11 is 0. The van der Waals surface area contributed by atoms with Crippen LogP contribution in [0, 0.1) is 0 Å². The van der Waals surface area contributed by atoms with Crippen molar-refractivity contribution in [3.05, 3.63) is 59.9 Å². The fourth-order valence-electron chi connectivity index (χ4n) is 2.10. The van der Waals surface area contributed by atoms with E-state index in [-0.39, 0.29) is 5.91 Å². The molecule has 4 heteroatoms. The number of anilines is 1. The molecule has 1 amide bonds. The first kappa shape index (κ1) is 16.0. The van der Waals surface area contributed by atoms with Gasteiger partial charge in [-0.3, -0.25) is 9.78 Å². The van der Waals surface area contributed by atoms with E-state index in [0.29, 0.717) is 25.4 Å². The van der Waals surface area contributed by atoms with Gasteiger partial charge in [0.1, 0.15) is 0 Å². The van der Waals surface area contributed by atoms with Crippen LogP contribution in [0.25, 0.3) is 0 Å². The van der Waals surface area contributed by atoms with Crippen LogP contribution in [0.2, 0.25) is 0 Å². The van der Waals surface area contributed by atoms with E-state index in [9.17, 15) is 4.79 Å². The molecule has 0 aliphatic carbocycles. The minimum atomic E-state index is 0.0372. The summed E-state index contributed by atoms with van der Waals surface area (Å²) in [5.74, 6) is 0.572. The predicted octanol–water partition coefficient (Wildman–Crippen LogP) is 3.32. The minimum absolute atomic E-state index is 0.0372. The maximum Gasteiger partial charge on any atom is 0.222 e. The summed E-state index contributed by atoms with van der Waals surface area (Å²) in [6, 6.07) is 12.2. The number of nitrogens with zero attached hydrogens (tertiary/aromatic N) is 1. The summed E-state index contributed by atoms with van der Waals surface area (Å²) in [5, 5.41) is 6.16. The van der Waals surface area contributed by atoms with Crippen LogP contribution in [0.15, 0.2) is 48.8 Å². The van der Waals surface area contributed by atoms with Gasteiger partial charge in [-0.05, 0) is 35.2 Å². The summed E-state index contributed by atoms with van der Waals surface area (Å²) < 4.78 is 0. The van der Waals surface area contributed by atoms with Gasteiger partial charge in [-0.2, -0.15) is 0 Å². The molecule has 1 aromatic carbocycles. The van der Waals surface area contributed by atoms with Gasteiger partial charge in [0.15, 0.2) is 0 Å². The second-order valence-corrected chi connectivity index (χ2v) is 5.59. The molecule has 1 aromatic heterocycles. The van der Waals surface area contributed by atoms with Crippen molar-refractivity contribution < 1.29 is 4.79 Å². The van der Waals surface area contributed by atoms with Crippen molar-refractivity contribution >= 4 is 11.6 Å². The van der Waals surface area contributed by atoms with Crippen molar-refractivity contribution in [2.24, 2.45) is 0 Å². The lowest BCUT2D eigenvalue weighted by Crippen LogP contribution is -2.24. The van der Waals surface area contributed by atoms with Gasteiger partial charge in [-0.15, -0.1) is 0 Å². The standard InChI is InChI=1S/C18H23N3O/c1-14(2)16-5-7-17(8-6-16)20-11-9-18(22)21-13-15-4-3-10-19-12-15/h3-8,10,12,14,20H,9,11,13H2,1-2H3,(H,21,22). The summed E-state index contributed by atoms with van der Waals surface area (Å²) in [6.45, 7) is 5.50. The molecular formula is C18H23N3O. The number of amides is 1. The lowest BCUT2D eigenvalue weighted by Gasteiger charge is -2.09. The van der Waals surface area contributed by atoms with Gasteiger partial charge in [0, 0.05) is 37.6 Å². The van der Waals surface area contributed by atoms with E-state index >= 15 is 0 Å². The second kappa shape index (κ2) is 8.17. The number of aromatic nitrogens is 1. The fraction of sp³-hybridized carbons (Fsp3) is 0.333. The van der Waals surface area contributed by atoms with Gasteiger partial charge >= 0.3 is 0 Å². The van der Waals surface area contributed by atoms with Crippen molar-refractivity contribution in [2.45, 2.75) is 32.7 Å². The molecule has 0 spiro atoms. The van der Waals surface area contributed by atoms with Crippen LogP contribution in [0.1, 0.15) is 37.3 Å². The van der Waals surface area contributed by atoms with Gasteiger partial charge in [0.05, 0.1) is 0 Å². The smallest absolute Gasteiger partial charge is 0.222 e. The normalized spacial score (nSPS) is 10.5. The highest BCUT2D eigenvalue weighted by atomic mass is 16.1. The number of benzene rings is 1. The third kappa shape index (κ3) is 5.20. The molecule has 0 aliphatic rings. The maximum atomic E-state index is 11.8. The number of hydrogen-bond acceptors (Lipinski definition) is 3. The van der Waals surface area contributed by atoms with Crippen molar-refractivity contribution in [3.63, 3.8) is 0 Å². The molecule has 22 heavy (non-hydrogen) atoms. The minimum Gasteiger partial charge on any atom is -0.385 e. The van der Waals surface area contributed by atoms with E-state index < -0.39 is 0 Å². The molecule has 2 rings (SSSR count). The van der Waals surface area contributed by atoms with Crippen LogP contribution in [0.4, 0.5) is 5.69 Å². The number of nitrogens with one attached hydrogen (secondary N) is 2. The monoisotopic (exact) mass is 297 g/mol. The zero-order valence-electron chi connectivity index (χ0n) is 13.2. The Hall–Kier alpha value is -2.36. The van der Waals surface area contributed by atoms with Crippen LogP contribution < -0.4 is 10.6 Å². The molecule has 0 aliphatic heterocycles. The average molecular weight is 297 g/mol. The second-order valence-electron chi connectivity index (χ2n) is 5.59. The van der Waals surface area contributed by atoms with Crippen LogP contribution in [-0.4, -0.2) is 17.4 Å². The predicted molar refractivity (Wildman–Crippen MR) is 89.7 cm³/mol. The van der Waals surface area contributed by atoms with E-state index in [4.69, 9.17) is 0 Å². The summed E-state index contributed by atoms with van der Waals surface area (Å²) in [5.41, 5.74) is 3.37. The van der Waals surface area contributed by atoms with Gasteiger partial charge in [0.2, 0.25) is 5.91 Å². The van der Waals surface area contributed by atoms with Gasteiger partial charge < -0.3 is 10.6 Å². The Labute approximate surface area is 132 Å². The molecule has 0 unspecified atom stereocenters. The SMILES string of the molecule is CC(C)c1ccc(NCCC(=O)NCc2cccnc2)cc1. The highest BCUT2D eigenvalue weighted by molar-refractivity contribution is 5.76. The Morgan fingerprint density at radius 2 is 1.95 bits per heavy atom. The summed E-state index contributed by atoms with van der Waals surface area (Å²) in [7, 11) is 0. The summed E-state index contributed by atoms with van der Waals surface area (Å²) in [6.07, 6.45) is 3.93. The van der Waals surface area contributed by atoms with Gasteiger partial charge in [0.25, 0.3) is 0 Å². The zero-order chi connectivity index (χ0) is 15.8. The molecule has 2 N–H and O–H groups in total. The summed E-state index contributed by atoms with van der Waals surface area (Å²) in [4.78, 5) is 15.8. The largest absolute Gasteiger partial charge is 0.385 e. The van der Waals surface area contributed by atoms with E-state index in [2.05, 4.69) is 53.7 Å². The number of carbonyl (C=O) groups is 1. The molecule has 0 atom stereocenters. The average Bonchev–Trinajstić information content (AvgIpc) is 2.54. The topological polar surface area (TPSA) is 54.0 Å². The number of rotatable bonds is 7. The number of carbonyl (C=O) groups excluding carboxylic acids is 1. The van der Waals surface area contributed by atoms with Crippen molar-refractivity contribution in [2.75, 3.05) is 11.9 Å². The molecule has 0 fully saturated rings. The molecular weight excluding hydrogens is 274 g/mol. The van der Waals surface area contributed by atoms with Crippen LogP contribution in [0.3, 0.4) is 0 Å². The zero-order valence-corrected chi connectivity index (χ0v) is 13.2. The Bertz CT molecular complexity index is 579. The molecule has 1 heterocycles. The van der Waals surface area contributed by atoms with Gasteiger partial charge in [-0.1, -0.05) is 32.0 Å².